The quantitative estimate of drug-likeness (QED) is 0.667. The molecule has 0 saturated carbocycles. The smallest absolute Gasteiger partial charge is 0.340 e. The molecule has 0 aliphatic rings. The van der Waals surface area contributed by atoms with Crippen LogP contribution in [0.25, 0.3) is 11.0 Å². The van der Waals surface area contributed by atoms with Gasteiger partial charge in [-0.15, -0.1) is 0 Å². The molecule has 0 saturated heterocycles. The largest absolute Gasteiger partial charge is 0.465 e. The predicted molar refractivity (Wildman–Crippen MR) is 89.8 cm³/mol. The van der Waals surface area contributed by atoms with Crippen molar-refractivity contribution in [1.29, 1.82) is 0 Å². The number of aromatic nitrogens is 2. The zero-order valence-electron chi connectivity index (χ0n) is 12.9. The molecule has 0 atom stereocenters. The highest BCUT2D eigenvalue weighted by Crippen LogP contribution is 2.27. The van der Waals surface area contributed by atoms with Crippen LogP contribution in [0.15, 0.2) is 47.6 Å². The van der Waals surface area contributed by atoms with Gasteiger partial charge in [-0.3, -0.25) is 0 Å². The van der Waals surface area contributed by atoms with Gasteiger partial charge in [0.1, 0.15) is 0 Å². The Morgan fingerprint density at radius 3 is 2.54 bits per heavy atom. The van der Waals surface area contributed by atoms with Crippen LogP contribution in [-0.4, -0.2) is 30.5 Å². The van der Waals surface area contributed by atoms with Crippen molar-refractivity contribution < 1.29 is 17.9 Å². The lowest BCUT2D eigenvalue weighted by Crippen LogP contribution is -2.12. The molecule has 2 aromatic heterocycles. The number of halogens is 1. The Kier molecular flexibility index (Phi) is 4.06. The maximum absolute atomic E-state index is 12.9. The van der Waals surface area contributed by atoms with Crippen LogP contribution in [0.4, 0.5) is 0 Å². The number of hydrogen-bond donors (Lipinski definition) is 0. The summed E-state index contributed by atoms with van der Waals surface area (Å²) in [6.07, 6.45) is 2.53. The number of carbonyl (C=O) groups excluding carboxylic acids is 1. The zero-order chi connectivity index (χ0) is 17.5. The maximum atomic E-state index is 12.9. The summed E-state index contributed by atoms with van der Waals surface area (Å²) >= 11 is 5.92. The molecule has 0 spiro atoms. The SMILES string of the molecule is COC(=O)c1cn(S(=O)(=O)c2ccc(C)cc2)c2ncc(Cl)cc12. The fraction of sp³-hybridized carbons (Fsp3) is 0.125. The van der Waals surface area contributed by atoms with Crippen molar-refractivity contribution in [2.24, 2.45) is 0 Å². The predicted octanol–water partition coefficient (Wildman–Crippen LogP) is 3.02. The Morgan fingerprint density at radius 2 is 1.92 bits per heavy atom. The minimum Gasteiger partial charge on any atom is -0.465 e. The third-order valence-electron chi connectivity index (χ3n) is 3.56. The maximum Gasteiger partial charge on any atom is 0.340 e. The average molecular weight is 365 g/mol. The monoisotopic (exact) mass is 364 g/mol. The van der Waals surface area contributed by atoms with Gasteiger partial charge in [0, 0.05) is 17.8 Å². The number of rotatable bonds is 3. The number of methoxy groups -OCH3 is 1. The van der Waals surface area contributed by atoms with E-state index in [1.807, 2.05) is 6.92 Å². The first kappa shape index (κ1) is 16.5. The average Bonchev–Trinajstić information content (AvgIpc) is 2.94. The first-order valence-corrected chi connectivity index (χ1v) is 8.73. The van der Waals surface area contributed by atoms with E-state index in [-0.39, 0.29) is 21.1 Å². The second kappa shape index (κ2) is 5.92. The van der Waals surface area contributed by atoms with E-state index < -0.39 is 16.0 Å². The van der Waals surface area contributed by atoms with E-state index in [0.717, 1.165) is 9.54 Å². The van der Waals surface area contributed by atoms with E-state index in [0.29, 0.717) is 5.39 Å². The molecule has 0 amide bonds. The zero-order valence-corrected chi connectivity index (χ0v) is 14.4. The molecule has 1 aromatic carbocycles. The van der Waals surface area contributed by atoms with Gasteiger partial charge in [0.05, 0.1) is 22.6 Å². The highest BCUT2D eigenvalue weighted by atomic mass is 35.5. The van der Waals surface area contributed by atoms with Crippen LogP contribution in [-0.2, 0) is 14.8 Å². The Bertz CT molecular complexity index is 1040. The first-order valence-electron chi connectivity index (χ1n) is 6.92. The van der Waals surface area contributed by atoms with Crippen molar-refractivity contribution in [3.8, 4) is 0 Å². The van der Waals surface area contributed by atoms with Gasteiger partial charge in [-0.1, -0.05) is 29.3 Å². The molecule has 0 radical (unpaired) electrons. The van der Waals surface area contributed by atoms with Gasteiger partial charge < -0.3 is 4.74 Å². The van der Waals surface area contributed by atoms with Crippen LogP contribution < -0.4 is 0 Å². The van der Waals surface area contributed by atoms with Crippen molar-refractivity contribution in [1.82, 2.24) is 8.96 Å². The molecule has 0 aliphatic heterocycles. The van der Waals surface area contributed by atoms with Gasteiger partial charge in [0.15, 0.2) is 5.65 Å². The molecule has 24 heavy (non-hydrogen) atoms. The minimum absolute atomic E-state index is 0.0817. The highest BCUT2D eigenvalue weighted by Gasteiger charge is 2.25. The second-order valence-corrected chi connectivity index (χ2v) is 7.42. The summed E-state index contributed by atoms with van der Waals surface area (Å²) in [5.41, 5.74) is 1.13. The van der Waals surface area contributed by atoms with E-state index >= 15 is 0 Å². The first-order chi connectivity index (χ1) is 11.3. The fourth-order valence-corrected chi connectivity index (χ4v) is 3.82. The van der Waals surface area contributed by atoms with Gasteiger partial charge in [0.25, 0.3) is 10.0 Å². The summed E-state index contributed by atoms with van der Waals surface area (Å²) in [6, 6.07) is 7.89. The van der Waals surface area contributed by atoms with E-state index in [9.17, 15) is 13.2 Å². The minimum atomic E-state index is -3.91. The topological polar surface area (TPSA) is 78.3 Å². The molecular weight excluding hydrogens is 352 g/mol. The number of fused-ring (bicyclic) bond motifs is 1. The molecule has 124 valence electrons. The third-order valence-corrected chi connectivity index (χ3v) is 5.43. The number of pyridine rings is 1. The van der Waals surface area contributed by atoms with Crippen LogP contribution in [0, 0.1) is 6.92 Å². The molecule has 6 nitrogen and oxygen atoms in total. The highest BCUT2D eigenvalue weighted by molar-refractivity contribution is 7.90. The van der Waals surface area contributed by atoms with Crippen LogP contribution in [0.3, 0.4) is 0 Å². The molecular formula is C16H13ClN2O4S. The number of nitrogens with zero attached hydrogens (tertiary/aromatic N) is 2. The molecule has 0 bridgehead atoms. The molecule has 3 aromatic rings. The lowest BCUT2D eigenvalue weighted by Gasteiger charge is -2.07. The van der Waals surface area contributed by atoms with Crippen LogP contribution in [0.2, 0.25) is 5.02 Å². The standard InChI is InChI=1S/C16H13ClN2O4S/c1-10-3-5-12(6-4-10)24(21,22)19-9-14(16(20)23-2)13-7-11(17)8-18-15(13)19/h3-9H,1-2H3. The number of carbonyl (C=O) groups is 1. The van der Waals surface area contributed by atoms with Crippen LogP contribution in [0.1, 0.15) is 15.9 Å². The van der Waals surface area contributed by atoms with Crippen molar-refractivity contribution in [2.75, 3.05) is 7.11 Å². The molecule has 3 rings (SSSR count). The van der Waals surface area contributed by atoms with Crippen molar-refractivity contribution in [3.05, 3.63) is 58.9 Å². The van der Waals surface area contributed by atoms with E-state index in [4.69, 9.17) is 16.3 Å². The van der Waals surface area contributed by atoms with Gasteiger partial charge in [-0.2, -0.15) is 0 Å². The van der Waals surface area contributed by atoms with E-state index in [1.165, 1.54) is 37.7 Å². The molecule has 0 N–H and O–H groups in total. The lowest BCUT2D eigenvalue weighted by atomic mass is 10.2. The van der Waals surface area contributed by atoms with Gasteiger partial charge in [-0.25, -0.2) is 22.2 Å². The number of aryl methyl sites for hydroxylation is 1. The number of esters is 1. The van der Waals surface area contributed by atoms with E-state index in [2.05, 4.69) is 4.98 Å². The van der Waals surface area contributed by atoms with Gasteiger partial charge in [-0.05, 0) is 25.1 Å². The molecule has 0 aliphatic carbocycles. The summed E-state index contributed by atoms with van der Waals surface area (Å²) in [5.74, 6) is -0.665. The number of ether oxygens (including phenoxy) is 1. The van der Waals surface area contributed by atoms with Crippen LogP contribution >= 0.6 is 11.6 Å². The Morgan fingerprint density at radius 1 is 1.25 bits per heavy atom. The number of hydrogen-bond acceptors (Lipinski definition) is 5. The summed E-state index contributed by atoms with van der Waals surface area (Å²) < 4.78 is 31.5. The Hall–Kier alpha value is -2.38. The third kappa shape index (κ3) is 2.65. The summed E-state index contributed by atoms with van der Waals surface area (Å²) in [4.78, 5) is 16.1. The number of benzene rings is 1. The molecule has 8 heteroatoms. The van der Waals surface area contributed by atoms with Gasteiger partial charge in [0.2, 0.25) is 0 Å². The Labute approximate surface area is 143 Å². The van der Waals surface area contributed by atoms with Crippen molar-refractivity contribution in [3.63, 3.8) is 0 Å². The molecule has 2 heterocycles. The van der Waals surface area contributed by atoms with Crippen molar-refractivity contribution in [2.45, 2.75) is 11.8 Å². The Balaban J connectivity index is 2.30. The summed E-state index contributed by atoms with van der Waals surface area (Å²) in [6.45, 7) is 1.86. The summed E-state index contributed by atoms with van der Waals surface area (Å²) in [7, 11) is -2.69. The van der Waals surface area contributed by atoms with Crippen molar-refractivity contribution >= 4 is 38.6 Å². The van der Waals surface area contributed by atoms with Gasteiger partial charge >= 0.3 is 5.97 Å². The summed E-state index contributed by atoms with van der Waals surface area (Å²) in [5, 5.41) is 0.600. The molecule has 0 fully saturated rings. The molecule has 0 unspecified atom stereocenters. The second-order valence-electron chi connectivity index (χ2n) is 5.17. The van der Waals surface area contributed by atoms with E-state index in [1.54, 1.807) is 12.1 Å². The lowest BCUT2D eigenvalue weighted by molar-refractivity contribution is 0.0603. The normalized spacial score (nSPS) is 11.6. The fourth-order valence-electron chi connectivity index (χ4n) is 2.33. The van der Waals surface area contributed by atoms with Crippen LogP contribution in [0.5, 0.6) is 0 Å².